The highest BCUT2D eigenvalue weighted by atomic mass is 35.5. The number of hydrogen-bond donors (Lipinski definition) is 0. The number of hydrogen-bond acceptors (Lipinski definition) is 1. The Labute approximate surface area is 138 Å². The molecular formula is C20H24ClN. The van der Waals surface area contributed by atoms with E-state index in [1.807, 2.05) is 12.3 Å². The van der Waals surface area contributed by atoms with E-state index in [2.05, 4.69) is 42.2 Å². The number of halogens is 1. The second kappa shape index (κ2) is 7.28. The molecule has 1 aromatic heterocycles. The molecule has 1 aliphatic rings. The first-order valence-electron chi connectivity index (χ1n) is 8.46. The lowest BCUT2D eigenvalue weighted by Crippen LogP contribution is -2.12. The highest BCUT2D eigenvalue weighted by molar-refractivity contribution is 6.29. The molecule has 2 heteroatoms. The minimum atomic E-state index is 0.588. The Morgan fingerprint density at radius 2 is 1.50 bits per heavy atom. The van der Waals surface area contributed by atoms with Gasteiger partial charge in [0, 0.05) is 6.20 Å². The molecule has 1 nitrogen and oxygen atoms in total. The van der Waals surface area contributed by atoms with Crippen LogP contribution in [0.25, 0.3) is 0 Å². The van der Waals surface area contributed by atoms with Crippen LogP contribution in [0.1, 0.15) is 67.6 Å². The monoisotopic (exact) mass is 313 g/mol. The zero-order chi connectivity index (χ0) is 15.4. The number of aromatic nitrogens is 1. The summed E-state index contributed by atoms with van der Waals surface area (Å²) in [6, 6.07) is 13.4. The first-order chi connectivity index (χ1) is 10.8. The molecule has 22 heavy (non-hydrogen) atoms. The molecule has 0 saturated heterocycles. The van der Waals surface area contributed by atoms with E-state index in [9.17, 15) is 0 Å². The van der Waals surface area contributed by atoms with Crippen molar-refractivity contribution in [2.45, 2.75) is 57.3 Å². The van der Waals surface area contributed by atoms with E-state index in [4.69, 9.17) is 11.6 Å². The normalized spacial score (nSPS) is 21.7. The summed E-state index contributed by atoms with van der Waals surface area (Å²) in [5.74, 6) is 1.38. The van der Waals surface area contributed by atoms with Gasteiger partial charge in [0.15, 0.2) is 0 Å². The van der Waals surface area contributed by atoms with Gasteiger partial charge in [-0.1, -0.05) is 55.3 Å². The first-order valence-corrected chi connectivity index (χ1v) is 8.84. The summed E-state index contributed by atoms with van der Waals surface area (Å²) < 4.78 is 0. The fraction of sp³-hybridized carbons (Fsp3) is 0.450. The number of rotatable bonds is 4. The largest absolute Gasteiger partial charge is 0.244 e. The summed E-state index contributed by atoms with van der Waals surface area (Å²) in [5, 5.41) is 0.588. The standard InChI is InChI=1S/C20H24ClN/c1-2-3-15-4-6-16(7-5-15)17-8-10-18(11-9-17)19-12-13-20(21)22-14-19/h4-7,12-14,17-18H,2-3,8-11H2,1H3. The summed E-state index contributed by atoms with van der Waals surface area (Å²) in [6.07, 6.45) is 9.43. The third-order valence-corrected chi connectivity index (χ3v) is 5.16. The van der Waals surface area contributed by atoms with Crippen molar-refractivity contribution in [3.05, 3.63) is 64.4 Å². The van der Waals surface area contributed by atoms with Crippen molar-refractivity contribution in [2.24, 2.45) is 0 Å². The van der Waals surface area contributed by atoms with Gasteiger partial charge in [-0.3, -0.25) is 0 Å². The molecule has 1 saturated carbocycles. The molecule has 3 rings (SSSR count). The van der Waals surface area contributed by atoms with Crippen LogP contribution in [0.15, 0.2) is 42.6 Å². The predicted octanol–water partition coefficient (Wildman–Crippen LogP) is 6.13. The van der Waals surface area contributed by atoms with E-state index < -0.39 is 0 Å². The number of pyridine rings is 1. The highest BCUT2D eigenvalue weighted by Crippen LogP contribution is 2.40. The van der Waals surface area contributed by atoms with Crippen LogP contribution in [-0.4, -0.2) is 4.98 Å². The van der Waals surface area contributed by atoms with Crippen molar-refractivity contribution in [1.82, 2.24) is 4.98 Å². The van der Waals surface area contributed by atoms with E-state index >= 15 is 0 Å². The Hall–Kier alpha value is -1.34. The Bertz CT molecular complexity index is 580. The molecule has 0 aliphatic heterocycles. The maximum absolute atomic E-state index is 5.88. The van der Waals surface area contributed by atoms with Gasteiger partial charge in [0.25, 0.3) is 0 Å². The number of aryl methyl sites for hydroxylation is 1. The zero-order valence-electron chi connectivity index (χ0n) is 13.3. The molecule has 0 spiro atoms. The third-order valence-electron chi connectivity index (χ3n) is 4.94. The Kier molecular flexibility index (Phi) is 5.15. The average Bonchev–Trinajstić information content (AvgIpc) is 2.57. The molecular weight excluding hydrogens is 290 g/mol. The van der Waals surface area contributed by atoms with E-state index in [1.54, 1.807) is 0 Å². The van der Waals surface area contributed by atoms with Gasteiger partial charge in [0.1, 0.15) is 5.15 Å². The molecule has 0 unspecified atom stereocenters. The number of benzene rings is 1. The summed E-state index contributed by atoms with van der Waals surface area (Å²) in [4.78, 5) is 4.22. The van der Waals surface area contributed by atoms with Crippen LogP contribution < -0.4 is 0 Å². The first kappa shape index (κ1) is 15.6. The lowest BCUT2D eigenvalue weighted by Gasteiger charge is -2.29. The van der Waals surface area contributed by atoms with Gasteiger partial charge < -0.3 is 0 Å². The van der Waals surface area contributed by atoms with Crippen LogP contribution in [-0.2, 0) is 6.42 Å². The Morgan fingerprint density at radius 1 is 0.909 bits per heavy atom. The molecule has 1 fully saturated rings. The molecule has 116 valence electrons. The Balaban J connectivity index is 1.60. The highest BCUT2D eigenvalue weighted by Gasteiger charge is 2.23. The predicted molar refractivity (Wildman–Crippen MR) is 93.6 cm³/mol. The molecule has 1 aromatic carbocycles. The second-order valence-electron chi connectivity index (χ2n) is 6.45. The van der Waals surface area contributed by atoms with Crippen LogP contribution >= 0.6 is 11.6 Å². The topological polar surface area (TPSA) is 12.9 Å². The van der Waals surface area contributed by atoms with Gasteiger partial charge in [-0.15, -0.1) is 0 Å². The van der Waals surface area contributed by atoms with E-state index in [0.29, 0.717) is 11.1 Å². The molecule has 0 bridgehead atoms. The molecule has 0 atom stereocenters. The van der Waals surface area contributed by atoms with Gasteiger partial charge in [0.05, 0.1) is 0 Å². The third kappa shape index (κ3) is 3.70. The van der Waals surface area contributed by atoms with Crippen LogP contribution in [0.5, 0.6) is 0 Å². The summed E-state index contributed by atoms with van der Waals surface area (Å²) >= 11 is 5.88. The average molecular weight is 314 g/mol. The molecule has 0 radical (unpaired) electrons. The summed E-state index contributed by atoms with van der Waals surface area (Å²) in [5.41, 5.74) is 4.33. The van der Waals surface area contributed by atoms with Crippen molar-refractivity contribution in [2.75, 3.05) is 0 Å². The molecule has 0 amide bonds. The van der Waals surface area contributed by atoms with E-state index in [1.165, 1.54) is 55.2 Å². The number of nitrogens with zero attached hydrogens (tertiary/aromatic N) is 1. The van der Waals surface area contributed by atoms with Gasteiger partial charge in [-0.25, -0.2) is 4.98 Å². The van der Waals surface area contributed by atoms with Gasteiger partial charge in [-0.05, 0) is 66.7 Å². The van der Waals surface area contributed by atoms with Crippen LogP contribution in [0.4, 0.5) is 0 Å². The molecule has 1 heterocycles. The smallest absolute Gasteiger partial charge is 0.129 e. The molecule has 1 aliphatic carbocycles. The zero-order valence-corrected chi connectivity index (χ0v) is 14.0. The summed E-state index contributed by atoms with van der Waals surface area (Å²) in [6.45, 7) is 2.24. The minimum Gasteiger partial charge on any atom is -0.244 e. The van der Waals surface area contributed by atoms with Crippen molar-refractivity contribution in [1.29, 1.82) is 0 Å². The van der Waals surface area contributed by atoms with Gasteiger partial charge >= 0.3 is 0 Å². The SMILES string of the molecule is CCCc1ccc(C2CCC(c3ccc(Cl)nc3)CC2)cc1. The van der Waals surface area contributed by atoms with Gasteiger partial charge in [0.2, 0.25) is 0 Å². The lowest BCUT2D eigenvalue weighted by atomic mass is 9.76. The summed E-state index contributed by atoms with van der Waals surface area (Å²) in [7, 11) is 0. The van der Waals surface area contributed by atoms with Crippen molar-refractivity contribution in [3.63, 3.8) is 0 Å². The van der Waals surface area contributed by atoms with Crippen LogP contribution in [0.2, 0.25) is 5.15 Å². The molecule has 2 aromatic rings. The lowest BCUT2D eigenvalue weighted by molar-refractivity contribution is 0.396. The molecule has 0 N–H and O–H groups in total. The van der Waals surface area contributed by atoms with Crippen LogP contribution in [0.3, 0.4) is 0 Å². The van der Waals surface area contributed by atoms with Crippen molar-refractivity contribution in [3.8, 4) is 0 Å². The quantitative estimate of drug-likeness (QED) is 0.619. The fourth-order valence-electron chi connectivity index (χ4n) is 3.63. The van der Waals surface area contributed by atoms with Crippen molar-refractivity contribution >= 4 is 11.6 Å². The van der Waals surface area contributed by atoms with E-state index in [-0.39, 0.29) is 0 Å². The minimum absolute atomic E-state index is 0.588. The maximum atomic E-state index is 5.88. The van der Waals surface area contributed by atoms with E-state index in [0.717, 1.165) is 5.92 Å². The van der Waals surface area contributed by atoms with Crippen LogP contribution in [0, 0.1) is 0 Å². The maximum Gasteiger partial charge on any atom is 0.129 e. The fourth-order valence-corrected chi connectivity index (χ4v) is 3.75. The van der Waals surface area contributed by atoms with Crippen molar-refractivity contribution < 1.29 is 0 Å². The second-order valence-corrected chi connectivity index (χ2v) is 6.84. The van der Waals surface area contributed by atoms with Gasteiger partial charge in [-0.2, -0.15) is 0 Å². The Morgan fingerprint density at radius 3 is 2.05 bits per heavy atom.